The Kier molecular flexibility index (Phi) is 5.38. The lowest BCUT2D eigenvalue weighted by Crippen LogP contribution is -2.34. The molecule has 27 heavy (non-hydrogen) atoms. The second-order valence-electron chi connectivity index (χ2n) is 6.09. The molecule has 0 unspecified atom stereocenters. The average Bonchev–Trinajstić information content (AvgIpc) is 3.16. The molecule has 0 spiro atoms. The maximum absolute atomic E-state index is 12.7. The Balaban J connectivity index is 1.71. The van der Waals surface area contributed by atoms with Crippen LogP contribution in [0.5, 0.6) is 5.75 Å². The third-order valence-corrected chi connectivity index (χ3v) is 5.50. The van der Waals surface area contributed by atoms with Crippen LogP contribution in [0.25, 0.3) is 10.2 Å². The fourth-order valence-corrected chi connectivity index (χ4v) is 4.04. The first kappa shape index (κ1) is 19.2. The molecule has 0 radical (unpaired) electrons. The van der Waals surface area contributed by atoms with Crippen molar-refractivity contribution in [2.24, 2.45) is 7.05 Å². The van der Waals surface area contributed by atoms with Gasteiger partial charge >= 0.3 is 0 Å². The van der Waals surface area contributed by atoms with Gasteiger partial charge in [-0.05, 0) is 31.2 Å². The van der Waals surface area contributed by atoms with Crippen molar-refractivity contribution in [2.45, 2.75) is 6.92 Å². The van der Waals surface area contributed by atoms with Crippen LogP contribution in [0.15, 0.2) is 24.3 Å². The highest BCUT2D eigenvalue weighted by molar-refractivity contribution is 7.20. The molecule has 2 amide bonds. The molecule has 0 fully saturated rings. The van der Waals surface area contributed by atoms with Gasteiger partial charge in [-0.2, -0.15) is 5.10 Å². The molecule has 7 nitrogen and oxygen atoms in total. The standard InChI is InChI=1S/C18H19ClN4O3S/c1-10-12-8-15(27-18(12)23(3)21-10)17(25)22(2)9-16(24)20-13-7-11(19)5-6-14(13)26-4/h5-8H,9H2,1-4H3,(H,20,24). The quantitative estimate of drug-likeness (QED) is 0.705. The van der Waals surface area contributed by atoms with Gasteiger partial charge in [-0.1, -0.05) is 11.6 Å². The number of aryl methyl sites for hydroxylation is 2. The number of aromatic nitrogens is 2. The highest BCUT2D eigenvalue weighted by Gasteiger charge is 2.20. The normalized spacial score (nSPS) is 10.9. The third kappa shape index (κ3) is 3.91. The summed E-state index contributed by atoms with van der Waals surface area (Å²) in [4.78, 5) is 27.9. The van der Waals surface area contributed by atoms with Crippen molar-refractivity contribution in [1.29, 1.82) is 0 Å². The van der Waals surface area contributed by atoms with Crippen LogP contribution in [0.1, 0.15) is 15.4 Å². The predicted octanol–water partition coefficient (Wildman–Crippen LogP) is 3.32. The summed E-state index contributed by atoms with van der Waals surface area (Å²) >= 11 is 7.33. The summed E-state index contributed by atoms with van der Waals surface area (Å²) in [6.07, 6.45) is 0. The summed E-state index contributed by atoms with van der Waals surface area (Å²) in [6.45, 7) is 1.80. The molecule has 0 bridgehead atoms. The number of fused-ring (bicyclic) bond motifs is 1. The Morgan fingerprint density at radius 2 is 2.11 bits per heavy atom. The van der Waals surface area contributed by atoms with E-state index in [-0.39, 0.29) is 18.4 Å². The van der Waals surface area contributed by atoms with Gasteiger partial charge in [-0.3, -0.25) is 14.3 Å². The maximum Gasteiger partial charge on any atom is 0.264 e. The van der Waals surface area contributed by atoms with Crippen molar-refractivity contribution in [3.8, 4) is 5.75 Å². The number of rotatable bonds is 5. The van der Waals surface area contributed by atoms with Crippen molar-refractivity contribution in [3.05, 3.63) is 39.9 Å². The second kappa shape index (κ2) is 7.58. The zero-order valence-corrected chi connectivity index (χ0v) is 16.9. The second-order valence-corrected chi connectivity index (χ2v) is 7.56. The van der Waals surface area contributed by atoms with E-state index in [9.17, 15) is 9.59 Å². The summed E-state index contributed by atoms with van der Waals surface area (Å²) < 4.78 is 6.96. The number of nitrogens with one attached hydrogen (secondary N) is 1. The van der Waals surface area contributed by atoms with E-state index >= 15 is 0 Å². The molecule has 9 heteroatoms. The Bertz CT molecular complexity index is 993. The van der Waals surface area contributed by atoms with E-state index in [4.69, 9.17) is 16.3 Å². The molecule has 1 N–H and O–H groups in total. The van der Waals surface area contributed by atoms with E-state index in [1.807, 2.05) is 20.0 Å². The molecule has 0 atom stereocenters. The number of amides is 2. The number of hydrogen-bond donors (Lipinski definition) is 1. The number of hydrogen-bond acceptors (Lipinski definition) is 5. The van der Waals surface area contributed by atoms with Crippen molar-refractivity contribution in [3.63, 3.8) is 0 Å². The highest BCUT2D eigenvalue weighted by Crippen LogP contribution is 2.29. The Labute approximate surface area is 165 Å². The average molecular weight is 407 g/mol. The van der Waals surface area contributed by atoms with Crippen molar-refractivity contribution in [1.82, 2.24) is 14.7 Å². The predicted molar refractivity (Wildman–Crippen MR) is 107 cm³/mol. The third-order valence-electron chi connectivity index (χ3n) is 4.07. The summed E-state index contributed by atoms with van der Waals surface area (Å²) in [5.74, 6) is -0.0663. The largest absolute Gasteiger partial charge is 0.495 e. The molecular formula is C18H19ClN4O3S. The number of thiophene rings is 1. The summed E-state index contributed by atoms with van der Waals surface area (Å²) in [6, 6.07) is 6.76. The topological polar surface area (TPSA) is 76.5 Å². The van der Waals surface area contributed by atoms with Crippen LogP contribution in [0.3, 0.4) is 0 Å². The molecule has 3 aromatic rings. The number of nitrogens with zero attached hydrogens (tertiary/aromatic N) is 3. The smallest absolute Gasteiger partial charge is 0.264 e. The molecular weight excluding hydrogens is 388 g/mol. The van der Waals surface area contributed by atoms with Crippen molar-refractivity contribution >= 4 is 50.7 Å². The van der Waals surface area contributed by atoms with E-state index in [1.165, 1.54) is 23.3 Å². The van der Waals surface area contributed by atoms with Gasteiger partial charge in [-0.25, -0.2) is 0 Å². The van der Waals surface area contributed by atoms with Crippen LogP contribution in [0.2, 0.25) is 5.02 Å². The summed E-state index contributed by atoms with van der Waals surface area (Å²) in [5, 5.41) is 8.48. The zero-order valence-electron chi connectivity index (χ0n) is 15.4. The Hall–Kier alpha value is -2.58. The number of halogens is 1. The van der Waals surface area contributed by atoms with Crippen molar-refractivity contribution < 1.29 is 14.3 Å². The van der Waals surface area contributed by atoms with E-state index in [2.05, 4.69) is 10.4 Å². The van der Waals surface area contributed by atoms with Gasteiger partial charge in [0.25, 0.3) is 5.91 Å². The van der Waals surface area contributed by atoms with Gasteiger partial charge in [0.15, 0.2) is 0 Å². The molecule has 1 aromatic carbocycles. The molecule has 0 aliphatic carbocycles. The molecule has 3 rings (SSSR count). The van der Waals surface area contributed by atoms with E-state index in [0.29, 0.717) is 21.3 Å². The first-order valence-electron chi connectivity index (χ1n) is 8.12. The van der Waals surface area contributed by atoms with Crippen molar-refractivity contribution in [2.75, 3.05) is 26.0 Å². The first-order valence-corrected chi connectivity index (χ1v) is 9.31. The SMILES string of the molecule is COc1ccc(Cl)cc1NC(=O)CN(C)C(=O)c1cc2c(C)nn(C)c2s1. The van der Waals surface area contributed by atoms with Gasteiger partial charge in [-0.15, -0.1) is 11.3 Å². The van der Waals surface area contributed by atoms with E-state index in [1.54, 1.807) is 29.9 Å². The summed E-state index contributed by atoms with van der Waals surface area (Å²) in [5.41, 5.74) is 1.33. The fraction of sp³-hybridized carbons (Fsp3) is 0.278. The minimum atomic E-state index is -0.342. The molecule has 0 aliphatic rings. The molecule has 2 aromatic heterocycles. The van der Waals surface area contributed by atoms with Gasteiger partial charge in [0.1, 0.15) is 10.6 Å². The van der Waals surface area contributed by atoms with Crippen LogP contribution < -0.4 is 10.1 Å². The molecule has 0 saturated heterocycles. The number of likely N-dealkylation sites (N-methyl/N-ethyl adjacent to an activating group) is 1. The Morgan fingerprint density at radius 3 is 2.78 bits per heavy atom. The lowest BCUT2D eigenvalue weighted by Gasteiger charge is -2.17. The number of anilines is 1. The lowest BCUT2D eigenvalue weighted by atomic mass is 10.3. The van der Waals surface area contributed by atoms with Crippen LogP contribution in [-0.2, 0) is 11.8 Å². The number of benzene rings is 1. The lowest BCUT2D eigenvalue weighted by molar-refractivity contribution is -0.116. The Morgan fingerprint density at radius 1 is 1.37 bits per heavy atom. The maximum atomic E-state index is 12.7. The first-order chi connectivity index (χ1) is 12.8. The van der Waals surface area contributed by atoms with Crippen LogP contribution in [-0.4, -0.2) is 47.2 Å². The van der Waals surface area contributed by atoms with E-state index in [0.717, 1.165) is 15.9 Å². The minimum Gasteiger partial charge on any atom is -0.495 e. The molecule has 2 heterocycles. The molecule has 0 saturated carbocycles. The number of carbonyl (C=O) groups excluding carboxylic acids is 2. The fourth-order valence-electron chi connectivity index (χ4n) is 2.75. The minimum absolute atomic E-state index is 0.0972. The van der Waals surface area contributed by atoms with Gasteiger partial charge in [0.05, 0.1) is 29.9 Å². The highest BCUT2D eigenvalue weighted by atomic mass is 35.5. The van der Waals surface area contributed by atoms with Crippen LogP contribution in [0.4, 0.5) is 5.69 Å². The monoisotopic (exact) mass is 406 g/mol. The van der Waals surface area contributed by atoms with Gasteiger partial charge in [0.2, 0.25) is 5.91 Å². The van der Waals surface area contributed by atoms with Crippen LogP contribution >= 0.6 is 22.9 Å². The summed E-state index contributed by atoms with van der Waals surface area (Å²) in [7, 11) is 4.94. The zero-order chi connectivity index (χ0) is 19.7. The number of carbonyl (C=O) groups is 2. The van der Waals surface area contributed by atoms with Crippen LogP contribution in [0, 0.1) is 6.92 Å². The number of ether oxygens (including phenoxy) is 1. The van der Waals surface area contributed by atoms with E-state index < -0.39 is 0 Å². The van der Waals surface area contributed by atoms with Gasteiger partial charge < -0.3 is 15.0 Å². The number of methoxy groups -OCH3 is 1. The van der Waals surface area contributed by atoms with Gasteiger partial charge in [0, 0.05) is 24.5 Å². The molecule has 0 aliphatic heterocycles. The molecule has 142 valence electrons.